The van der Waals surface area contributed by atoms with E-state index < -0.39 is 6.10 Å². The van der Waals surface area contributed by atoms with Gasteiger partial charge in [-0.15, -0.1) is 0 Å². The first-order valence-electron chi connectivity index (χ1n) is 5.83. The Morgan fingerprint density at radius 2 is 2.37 bits per heavy atom. The Bertz CT molecular complexity index is 543. The minimum Gasteiger partial charge on any atom is -0.387 e. The first-order valence-corrected chi connectivity index (χ1v) is 6.77. The zero-order valence-electron chi connectivity index (χ0n) is 10.5. The molecule has 2 rings (SSSR count). The summed E-state index contributed by atoms with van der Waals surface area (Å²) in [6.45, 7) is 0.383. The normalized spacial score (nSPS) is 11.9. The lowest BCUT2D eigenvalue weighted by atomic mass is 10.2. The lowest BCUT2D eigenvalue weighted by Gasteiger charge is -2.12. The molecule has 1 unspecified atom stereocenters. The number of nitrogens with zero attached hydrogens (tertiary/aromatic N) is 1. The molecule has 0 aliphatic rings. The molecule has 2 aromatic rings. The van der Waals surface area contributed by atoms with Crippen LogP contribution in [0.1, 0.15) is 22.2 Å². The van der Waals surface area contributed by atoms with Gasteiger partial charge in [0.15, 0.2) is 0 Å². The largest absolute Gasteiger partial charge is 0.387 e. The fraction of sp³-hybridized carbons (Fsp3) is 0.231. The number of anilines is 1. The number of rotatable bonds is 5. The summed E-state index contributed by atoms with van der Waals surface area (Å²) in [5.74, 6) is -0.234. The highest BCUT2D eigenvalue weighted by molar-refractivity contribution is 7.07. The van der Waals surface area contributed by atoms with Crippen LogP contribution in [0.2, 0.25) is 0 Å². The van der Waals surface area contributed by atoms with Crippen LogP contribution in [-0.2, 0) is 0 Å². The SMILES string of the molecule is CNC(=O)c1cc(NCC(O)c2ccsc2)ccn1. The van der Waals surface area contributed by atoms with Crippen molar-refractivity contribution in [2.24, 2.45) is 0 Å². The number of amides is 1. The Kier molecular flexibility index (Phi) is 4.48. The predicted molar refractivity (Wildman–Crippen MR) is 75.4 cm³/mol. The maximum absolute atomic E-state index is 11.4. The average Bonchev–Trinajstić information content (AvgIpc) is 2.98. The molecule has 1 amide bonds. The highest BCUT2D eigenvalue weighted by atomic mass is 32.1. The Balaban J connectivity index is 1.98. The molecule has 19 heavy (non-hydrogen) atoms. The van der Waals surface area contributed by atoms with E-state index in [1.807, 2.05) is 16.8 Å². The first-order chi connectivity index (χ1) is 9.20. The van der Waals surface area contributed by atoms with E-state index >= 15 is 0 Å². The van der Waals surface area contributed by atoms with Crippen molar-refractivity contribution >= 4 is 22.9 Å². The number of aromatic nitrogens is 1. The maximum Gasteiger partial charge on any atom is 0.269 e. The van der Waals surface area contributed by atoms with Crippen LogP contribution in [0.15, 0.2) is 35.2 Å². The van der Waals surface area contributed by atoms with Crippen molar-refractivity contribution in [2.75, 3.05) is 18.9 Å². The number of nitrogens with one attached hydrogen (secondary N) is 2. The highest BCUT2D eigenvalue weighted by Gasteiger charge is 2.09. The Morgan fingerprint density at radius 1 is 1.53 bits per heavy atom. The van der Waals surface area contributed by atoms with E-state index in [0.717, 1.165) is 11.3 Å². The number of pyridine rings is 1. The summed E-state index contributed by atoms with van der Waals surface area (Å²) in [6.07, 6.45) is 0.993. The Hall–Kier alpha value is -1.92. The van der Waals surface area contributed by atoms with Crippen molar-refractivity contribution in [3.63, 3.8) is 0 Å². The minimum atomic E-state index is -0.567. The number of aliphatic hydroxyl groups is 1. The zero-order chi connectivity index (χ0) is 13.7. The van der Waals surface area contributed by atoms with E-state index in [4.69, 9.17) is 0 Å². The molecule has 2 aromatic heterocycles. The molecular weight excluding hydrogens is 262 g/mol. The van der Waals surface area contributed by atoms with Gasteiger partial charge in [-0.3, -0.25) is 9.78 Å². The summed E-state index contributed by atoms with van der Waals surface area (Å²) in [7, 11) is 1.56. The second-order valence-corrected chi connectivity index (χ2v) is 4.74. The summed E-state index contributed by atoms with van der Waals surface area (Å²) in [5, 5.41) is 19.4. The van der Waals surface area contributed by atoms with Crippen LogP contribution in [0.4, 0.5) is 5.69 Å². The average molecular weight is 277 g/mol. The van der Waals surface area contributed by atoms with E-state index in [1.54, 1.807) is 36.7 Å². The molecule has 100 valence electrons. The van der Waals surface area contributed by atoms with Crippen LogP contribution in [0.25, 0.3) is 0 Å². The van der Waals surface area contributed by atoms with Gasteiger partial charge >= 0.3 is 0 Å². The van der Waals surface area contributed by atoms with Crippen molar-refractivity contribution in [3.05, 3.63) is 46.4 Å². The molecule has 0 aliphatic carbocycles. The fourth-order valence-corrected chi connectivity index (χ4v) is 2.30. The number of carbonyl (C=O) groups excluding carboxylic acids is 1. The third-order valence-electron chi connectivity index (χ3n) is 2.65. The summed E-state index contributed by atoms with van der Waals surface area (Å²) in [4.78, 5) is 15.4. The van der Waals surface area contributed by atoms with Gasteiger partial charge in [0.25, 0.3) is 5.91 Å². The molecule has 0 fully saturated rings. The van der Waals surface area contributed by atoms with Gasteiger partial charge < -0.3 is 15.7 Å². The van der Waals surface area contributed by atoms with Crippen molar-refractivity contribution in [1.82, 2.24) is 10.3 Å². The molecule has 0 saturated carbocycles. The molecule has 3 N–H and O–H groups in total. The number of thiophene rings is 1. The van der Waals surface area contributed by atoms with Crippen molar-refractivity contribution in [1.29, 1.82) is 0 Å². The second-order valence-electron chi connectivity index (χ2n) is 3.96. The summed E-state index contributed by atoms with van der Waals surface area (Å²) >= 11 is 1.55. The molecule has 0 bridgehead atoms. The van der Waals surface area contributed by atoms with Crippen LogP contribution in [-0.4, -0.2) is 29.6 Å². The summed E-state index contributed by atoms with van der Waals surface area (Å²) < 4.78 is 0. The number of carbonyl (C=O) groups is 1. The Morgan fingerprint density at radius 3 is 3.05 bits per heavy atom. The summed E-state index contributed by atoms with van der Waals surface area (Å²) in [5.41, 5.74) is 1.98. The molecule has 0 aliphatic heterocycles. The number of hydrogen-bond donors (Lipinski definition) is 3. The van der Waals surface area contributed by atoms with Crippen molar-refractivity contribution < 1.29 is 9.90 Å². The smallest absolute Gasteiger partial charge is 0.269 e. The van der Waals surface area contributed by atoms with Gasteiger partial charge in [0.2, 0.25) is 0 Å². The third-order valence-corrected chi connectivity index (χ3v) is 3.35. The van der Waals surface area contributed by atoms with Gasteiger partial charge in [-0.2, -0.15) is 11.3 Å². The third kappa shape index (κ3) is 3.52. The molecule has 0 saturated heterocycles. The first kappa shape index (κ1) is 13.5. The van der Waals surface area contributed by atoms with E-state index in [-0.39, 0.29) is 5.91 Å². The lowest BCUT2D eigenvalue weighted by Crippen LogP contribution is -2.19. The summed E-state index contributed by atoms with van der Waals surface area (Å²) in [6, 6.07) is 5.30. The Labute approximate surface area is 115 Å². The van der Waals surface area contributed by atoms with Gasteiger partial charge in [0, 0.05) is 25.5 Å². The maximum atomic E-state index is 11.4. The van der Waals surface area contributed by atoms with E-state index in [9.17, 15) is 9.90 Å². The van der Waals surface area contributed by atoms with Gasteiger partial charge in [-0.25, -0.2) is 0 Å². The number of hydrogen-bond acceptors (Lipinski definition) is 5. The van der Waals surface area contributed by atoms with E-state index in [2.05, 4.69) is 15.6 Å². The van der Waals surface area contributed by atoms with Crippen LogP contribution in [0.3, 0.4) is 0 Å². The molecule has 0 radical (unpaired) electrons. The molecule has 0 spiro atoms. The monoisotopic (exact) mass is 277 g/mol. The molecular formula is C13H15N3O2S. The van der Waals surface area contributed by atoms with Gasteiger partial charge in [-0.1, -0.05) is 0 Å². The van der Waals surface area contributed by atoms with E-state index in [1.165, 1.54) is 0 Å². The lowest BCUT2D eigenvalue weighted by molar-refractivity contribution is 0.0958. The van der Waals surface area contributed by atoms with Crippen LogP contribution < -0.4 is 10.6 Å². The van der Waals surface area contributed by atoms with Gasteiger partial charge in [0.05, 0.1) is 6.10 Å². The van der Waals surface area contributed by atoms with Crippen LogP contribution >= 0.6 is 11.3 Å². The standard InChI is InChI=1S/C13H15N3O2S/c1-14-13(18)11-6-10(2-4-15-11)16-7-12(17)9-3-5-19-8-9/h2-6,8,12,17H,7H2,1H3,(H,14,18)(H,15,16). The zero-order valence-corrected chi connectivity index (χ0v) is 11.3. The van der Waals surface area contributed by atoms with Crippen molar-refractivity contribution in [2.45, 2.75) is 6.10 Å². The van der Waals surface area contributed by atoms with E-state index in [0.29, 0.717) is 12.2 Å². The van der Waals surface area contributed by atoms with Crippen molar-refractivity contribution in [3.8, 4) is 0 Å². The number of aliphatic hydroxyl groups excluding tert-OH is 1. The van der Waals surface area contributed by atoms with Crippen LogP contribution in [0.5, 0.6) is 0 Å². The molecule has 0 aromatic carbocycles. The van der Waals surface area contributed by atoms with Crippen LogP contribution in [0, 0.1) is 0 Å². The second kappa shape index (κ2) is 6.31. The predicted octanol–water partition coefficient (Wildman–Crippen LogP) is 1.65. The minimum absolute atomic E-state index is 0.234. The van der Waals surface area contributed by atoms with Gasteiger partial charge in [-0.05, 0) is 34.5 Å². The molecule has 2 heterocycles. The highest BCUT2D eigenvalue weighted by Crippen LogP contribution is 2.17. The molecule has 1 atom stereocenters. The fourth-order valence-electron chi connectivity index (χ4n) is 1.59. The molecule has 5 nitrogen and oxygen atoms in total. The topological polar surface area (TPSA) is 74.2 Å². The molecule has 6 heteroatoms. The quantitative estimate of drug-likeness (QED) is 0.777. The van der Waals surface area contributed by atoms with Gasteiger partial charge in [0.1, 0.15) is 5.69 Å².